The second-order valence-corrected chi connectivity index (χ2v) is 19.6. The molecule has 0 aliphatic carbocycles. The molecule has 22 heavy (non-hydrogen) atoms. The summed E-state index contributed by atoms with van der Waals surface area (Å²) in [5, 5.41) is 0. The van der Waals surface area contributed by atoms with Crippen LogP contribution in [0, 0.1) is 0 Å². The summed E-state index contributed by atoms with van der Waals surface area (Å²) in [5.74, 6) is 0. The Morgan fingerprint density at radius 3 is 1.82 bits per heavy atom. The van der Waals surface area contributed by atoms with Gasteiger partial charge in [0.25, 0.3) is 0 Å². The monoisotopic (exact) mass is 416 g/mol. The molecule has 1 heterocycles. The van der Waals surface area contributed by atoms with E-state index in [1.54, 1.807) is 11.6 Å². The predicted molar refractivity (Wildman–Crippen MR) is 96.8 cm³/mol. The molecule has 0 saturated heterocycles. The Hall–Kier alpha value is -0.521. The third-order valence-electron chi connectivity index (χ3n) is 4.71. The Morgan fingerprint density at radius 2 is 1.41 bits per heavy atom. The number of rotatable bonds is 10. The predicted octanol–water partition coefficient (Wildman–Crippen LogP) is 3.13. The van der Waals surface area contributed by atoms with Crippen LogP contribution in [0.25, 0.3) is 0 Å². The molecule has 1 N–H and O–H groups in total. The van der Waals surface area contributed by atoms with Gasteiger partial charge in [-0.1, -0.05) is 0 Å². The van der Waals surface area contributed by atoms with Crippen LogP contribution in [0.1, 0.15) is 59.3 Å². The Balaban J connectivity index is 3.33. The third kappa shape index (κ3) is 5.00. The molecular formula is C17H32N2O2Sn. The van der Waals surface area contributed by atoms with E-state index in [9.17, 15) is 9.59 Å². The molecule has 126 valence electrons. The van der Waals surface area contributed by atoms with Gasteiger partial charge in [0.2, 0.25) is 0 Å². The van der Waals surface area contributed by atoms with Crippen molar-refractivity contribution in [3.05, 3.63) is 27.0 Å². The van der Waals surface area contributed by atoms with Crippen LogP contribution in [0.5, 0.6) is 0 Å². The van der Waals surface area contributed by atoms with Crippen LogP contribution < -0.4 is 14.8 Å². The van der Waals surface area contributed by atoms with Crippen molar-refractivity contribution in [1.82, 2.24) is 9.55 Å². The summed E-state index contributed by atoms with van der Waals surface area (Å²) in [5.41, 5.74) is -0.391. The zero-order chi connectivity index (χ0) is 16.6. The Kier molecular flexibility index (Phi) is 8.50. The molecule has 0 radical (unpaired) electrons. The molecule has 0 spiro atoms. The first kappa shape index (κ1) is 19.5. The average molecular weight is 415 g/mol. The number of aromatic nitrogens is 2. The van der Waals surface area contributed by atoms with Crippen molar-refractivity contribution in [3.63, 3.8) is 0 Å². The van der Waals surface area contributed by atoms with E-state index >= 15 is 0 Å². The van der Waals surface area contributed by atoms with Gasteiger partial charge in [-0.15, -0.1) is 0 Å². The van der Waals surface area contributed by atoms with Gasteiger partial charge in [-0.25, -0.2) is 0 Å². The number of hydrogen-bond acceptors (Lipinski definition) is 2. The second-order valence-electron chi connectivity index (χ2n) is 6.50. The Bertz CT molecular complexity index is 541. The molecule has 0 fully saturated rings. The number of nitrogens with zero attached hydrogens (tertiary/aromatic N) is 1. The standard InChI is InChI=1S/C5H5N2O2.3C4H9.Sn/c1-7-3-2-4(8)6-5(7)9;3*1-3-4-2;/h3H,1H3,(H,6,8,9);3*1,3-4H2,2H3;. The number of hydrogen-bond donors (Lipinski definition) is 1. The van der Waals surface area contributed by atoms with E-state index in [-0.39, 0.29) is 11.2 Å². The fourth-order valence-electron chi connectivity index (χ4n) is 3.27. The maximum atomic E-state index is 12.5. The summed E-state index contributed by atoms with van der Waals surface area (Å²) in [6.07, 6.45) is 9.06. The zero-order valence-electron chi connectivity index (χ0n) is 14.7. The summed E-state index contributed by atoms with van der Waals surface area (Å²) in [7, 11) is 1.75. The van der Waals surface area contributed by atoms with Crippen LogP contribution in [-0.4, -0.2) is 27.9 Å². The minimum atomic E-state index is -2.74. The molecule has 1 rings (SSSR count). The van der Waals surface area contributed by atoms with Gasteiger partial charge in [0.1, 0.15) is 0 Å². The van der Waals surface area contributed by atoms with Crippen LogP contribution in [0.3, 0.4) is 0 Å². The number of unbranched alkanes of at least 4 members (excludes halogenated alkanes) is 3. The van der Waals surface area contributed by atoms with Gasteiger partial charge in [-0.3, -0.25) is 0 Å². The molecule has 0 unspecified atom stereocenters. The molecule has 4 nitrogen and oxygen atoms in total. The van der Waals surface area contributed by atoms with Gasteiger partial charge in [-0.05, 0) is 0 Å². The van der Waals surface area contributed by atoms with E-state index < -0.39 is 18.4 Å². The van der Waals surface area contributed by atoms with Crippen molar-refractivity contribution in [2.75, 3.05) is 0 Å². The van der Waals surface area contributed by atoms with E-state index in [4.69, 9.17) is 0 Å². The van der Waals surface area contributed by atoms with Crippen LogP contribution in [0.2, 0.25) is 13.3 Å². The van der Waals surface area contributed by atoms with Gasteiger partial charge in [0, 0.05) is 0 Å². The van der Waals surface area contributed by atoms with E-state index in [0.717, 1.165) is 3.58 Å². The van der Waals surface area contributed by atoms with Crippen molar-refractivity contribution in [1.29, 1.82) is 0 Å². The molecule has 0 atom stereocenters. The molecule has 0 aromatic carbocycles. The minimum absolute atomic E-state index is 0.0952. The molecule has 1 aromatic heterocycles. The van der Waals surface area contributed by atoms with Crippen molar-refractivity contribution < 1.29 is 0 Å². The van der Waals surface area contributed by atoms with Gasteiger partial charge < -0.3 is 0 Å². The summed E-state index contributed by atoms with van der Waals surface area (Å²) in [6.45, 7) is 6.67. The van der Waals surface area contributed by atoms with Gasteiger partial charge >= 0.3 is 138 Å². The van der Waals surface area contributed by atoms with E-state index in [0.29, 0.717) is 0 Å². The second kappa shape index (κ2) is 9.58. The molecule has 5 heteroatoms. The molecule has 1 aromatic rings. The van der Waals surface area contributed by atoms with Crippen molar-refractivity contribution in [2.45, 2.75) is 72.6 Å². The quantitative estimate of drug-likeness (QED) is 0.598. The van der Waals surface area contributed by atoms with Crippen molar-refractivity contribution in [2.24, 2.45) is 7.05 Å². The summed E-state index contributed by atoms with van der Waals surface area (Å²) < 4.78 is 6.31. The molecule has 0 aliphatic rings. The van der Waals surface area contributed by atoms with Crippen molar-refractivity contribution in [3.8, 4) is 0 Å². The van der Waals surface area contributed by atoms with E-state index in [1.807, 2.05) is 6.20 Å². The molecular weight excluding hydrogens is 383 g/mol. The number of nitrogens with one attached hydrogen (secondary N) is 1. The Morgan fingerprint density at radius 1 is 0.955 bits per heavy atom. The number of aromatic amines is 1. The van der Waals surface area contributed by atoms with E-state index in [2.05, 4.69) is 25.8 Å². The van der Waals surface area contributed by atoms with Crippen LogP contribution in [0.4, 0.5) is 0 Å². The fourth-order valence-corrected chi connectivity index (χ4v) is 19.4. The number of aryl methyl sites for hydroxylation is 1. The number of H-pyrrole nitrogens is 1. The van der Waals surface area contributed by atoms with Gasteiger partial charge in [0.05, 0.1) is 0 Å². The first-order chi connectivity index (χ1) is 10.5. The SMILES string of the molecule is CCC[CH2][Sn]([CH2]CCC)([CH2]CCC)[c]1cn(C)c(=O)[nH]c1=O. The summed E-state index contributed by atoms with van der Waals surface area (Å²) >= 11 is -2.74. The molecule has 0 saturated carbocycles. The van der Waals surface area contributed by atoms with Gasteiger partial charge in [-0.2, -0.15) is 0 Å². The average Bonchev–Trinajstić information content (AvgIpc) is 2.51. The summed E-state index contributed by atoms with van der Waals surface area (Å²) in [4.78, 5) is 26.7. The normalized spacial score (nSPS) is 11.8. The maximum absolute atomic E-state index is 12.5. The van der Waals surface area contributed by atoms with Crippen LogP contribution >= 0.6 is 0 Å². The Labute approximate surface area is 138 Å². The van der Waals surface area contributed by atoms with Crippen LogP contribution in [-0.2, 0) is 7.05 Å². The molecule has 0 bridgehead atoms. The summed E-state index contributed by atoms with van der Waals surface area (Å²) in [6, 6.07) is 0. The topological polar surface area (TPSA) is 54.9 Å². The van der Waals surface area contributed by atoms with Crippen LogP contribution in [0.15, 0.2) is 15.8 Å². The van der Waals surface area contributed by atoms with Crippen molar-refractivity contribution >= 4 is 22.0 Å². The van der Waals surface area contributed by atoms with E-state index in [1.165, 1.54) is 51.8 Å². The zero-order valence-corrected chi connectivity index (χ0v) is 17.6. The fraction of sp³-hybridized carbons (Fsp3) is 0.765. The first-order valence-electron chi connectivity index (χ1n) is 8.81. The first-order valence-corrected chi connectivity index (χ1v) is 16.3. The molecule has 0 amide bonds. The van der Waals surface area contributed by atoms with Gasteiger partial charge in [0.15, 0.2) is 0 Å². The third-order valence-corrected chi connectivity index (χ3v) is 20.2. The molecule has 0 aliphatic heterocycles.